The quantitative estimate of drug-likeness (QED) is 0.870. The van der Waals surface area contributed by atoms with E-state index in [4.69, 9.17) is 9.15 Å². The molecule has 2 aliphatic rings. The molecule has 0 aliphatic carbocycles. The van der Waals surface area contributed by atoms with Gasteiger partial charge in [0.25, 0.3) is 0 Å². The second-order valence-electron chi connectivity index (χ2n) is 5.73. The van der Waals surface area contributed by atoms with Crippen LogP contribution in [-0.4, -0.2) is 43.0 Å². The molecule has 1 N–H and O–H groups in total. The van der Waals surface area contributed by atoms with Crippen LogP contribution in [0.25, 0.3) is 0 Å². The molecule has 2 amide bonds. The van der Waals surface area contributed by atoms with E-state index in [0.29, 0.717) is 32.2 Å². The fourth-order valence-electron chi connectivity index (χ4n) is 2.82. The van der Waals surface area contributed by atoms with Crippen LogP contribution in [0.3, 0.4) is 0 Å². The summed E-state index contributed by atoms with van der Waals surface area (Å²) in [5, 5.41) is 2.95. The normalized spacial score (nSPS) is 25.5. The number of hydrogen-bond donors (Lipinski definition) is 1. The van der Waals surface area contributed by atoms with Gasteiger partial charge in [0, 0.05) is 32.0 Å². The maximum atomic E-state index is 12.1. The number of nitrogens with one attached hydrogen (secondary N) is 1. The van der Waals surface area contributed by atoms with Gasteiger partial charge >= 0.3 is 0 Å². The molecular formula is C15H20N2O4. The van der Waals surface area contributed by atoms with Crippen molar-refractivity contribution in [1.29, 1.82) is 0 Å². The maximum Gasteiger partial charge on any atom is 0.225 e. The van der Waals surface area contributed by atoms with Gasteiger partial charge in [-0.2, -0.15) is 0 Å². The third kappa shape index (κ3) is 3.44. The smallest absolute Gasteiger partial charge is 0.225 e. The standard InChI is InChI=1S/C15H20N2O4/c18-14-6-12(8-17(14)9-13-2-1-4-21-13)15(19)16-7-11-3-5-20-10-11/h1-2,4,11-12H,3,5-10H2,(H,16,19)/t11-,12+/m0/s1. The first-order valence-corrected chi connectivity index (χ1v) is 7.38. The average molecular weight is 292 g/mol. The van der Waals surface area contributed by atoms with Crippen molar-refractivity contribution in [3.63, 3.8) is 0 Å². The van der Waals surface area contributed by atoms with Crippen molar-refractivity contribution in [1.82, 2.24) is 10.2 Å². The van der Waals surface area contributed by atoms with E-state index in [2.05, 4.69) is 5.32 Å². The Kier molecular flexibility index (Phi) is 4.24. The SMILES string of the molecule is O=C(NC[C@@H]1CCOC1)[C@@H]1CC(=O)N(Cc2ccco2)C1. The average Bonchev–Trinajstić information content (AvgIpc) is 3.20. The molecule has 3 rings (SSSR count). The number of likely N-dealkylation sites (tertiary alicyclic amines) is 1. The third-order valence-corrected chi connectivity index (χ3v) is 4.10. The van der Waals surface area contributed by atoms with Gasteiger partial charge in [0.05, 0.1) is 25.3 Å². The second kappa shape index (κ2) is 6.30. The largest absolute Gasteiger partial charge is 0.467 e. The summed E-state index contributed by atoms with van der Waals surface area (Å²) < 4.78 is 10.5. The Morgan fingerprint density at radius 2 is 2.38 bits per heavy atom. The van der Waals surface area contributed by atoms with Crippen LogP contribution in [0.2, 0.25) is 0 Å². The van der Waals surface area contributed by atoms with Gasteiger partial charge in [-0.05, 0) is 18.6 Å². The van der Waals surface area contributed by atoms with E-state index in [1.165, 1.54) is 0 Å². The van der Waals surface area contributed by atoms with Crippen molar-refractivity contribution in [3.05, 3.63) is 24.2 Å². The lowest BCUT2D eigenvalue weighted by molar-refractivity contribution is -0.129. The molecule has 2 aliphatic heterocycles. The van der Waals surface area contributed by atoms with Gasteiger partial charge in [-0.3, -0.25) is 9.59 Å². The van der Waals surface area contributed by atoms with Gasteiger partial charge < -0.3 is 19.4 Å². The molecule has 1 aromatic rings. The van der Waals surface area contributed by atoms with Crippen LogP contribution < -0.4 is 5.32 Å². The van der Waals surface area contributed by atoms with Crippen molar-refractivity contribution in [3.8, 4) is 0 Å². The summed E-state index contributed by atoms with van der Waals surface area (Å²) >= 11 is 0. The number of hydrogen-bond acceptors (Lipinski definition) is 4. The van der Waals surface area contributed by atoms with Gasteiger partial charge in [-0.1, -0.05) is 0 Å². The zero-order valence-corrected chi connectivity index (χ0v) is 11.9. The Morgan fingerprint density at radius 1 is 1.48 bits per heavy atom. The zero-order valence-electron chi connectivity index (χ0n) is 11.9. The van der Waals surface area contributed by atoms with Crippen molar-refractivity contribution < 1.29 is 18.7 Å². The number of ether oxygens (including phenoxy) is 1. The minimum atomic E-state index is -0.255. The minimum absolute atomic E-state index is 0.00995. The van der Waals surface area contributed by atoms with Gasteiger partial charge in [-0.25, -0.2) is 0 Å². The van der Waals surface area contributed by atoms with Crippen LogP contribution in [0.4, 0.5) is 0 Å². The Bertz CT molecular complexity index is 494. The highest BCUT2D eigenvalue weighted by atomic mass is 16.5. The highest BCUT2D eigenvalue weighted by molar-refractivity contribution is 5.89. The summed E-state index contributed by atoms with van der Waals surface area (Å²) in [7, 11) is 0. The lowest BCUT2D eigenvalue weighted by atomic mass is 10.1. The molecule has 0 spiro atoms. The van der Waals surface area contributed by atoms with Crippen LogP contribution >= 0.6 is 0 Å². The first kappa shape index (κ1) is 14.1. The van der Waals surface area contributed by atoms with Gasteiger partial charge in [-0.15, -0.1) is 0 Å². The van der Waals surface area contributed by atoms with Crippen LogP contribution in [-0.2, 0) is 20.9 Å². The molecule has 3 heterocycles. The van der Waals surface area contributed by atoms with E-state index in [-0.39, 0.29) is 24.2 Å². The first-order valence-electron chi connectivity index (χ1n) is 7.38. The predicted octanol–water partition coefficient (Wildman–Crippen LogP) is 0.781. The molecule has 2 atom stereocenters. The third-order valence-electron chi connectivity index (χ3n) is 4.10. The molecule has 114 valence electrons. The number of rotatable bonds is 5. The molecule has 6 nitrogen and oxygen atoms in total. The molecule has 2 fully saturated rings. The Balaban J connectivity index is 1.47. The molecule has 0 radical (unpaired) electrons. The van der Waals surface area contributed by atoms with E-state index < -0.39 is 0 Å². The fraction of sp³-hybridized carbons (Fsp3) is 0.600. The summed E-state index contributed by atoms with van der Waals surface area (Å²) in [4.78, 5) is 25.8. The van der Waals surface area contributed by atoms with Crippen LogP contribution in [0.5, 0.6) is 0 Å². The zero-order chi connectivity index (χ0) is 14.7. The second-order valence-corrected chi connectivity index (χ2v) is 5.73. The predicted molar refractivity (Wildman–Crippen MR) is 74.2 cm³/mol. The Morgan fingerprint density at radius 3 is 3.10 bits per heavy atom. The lowest BCUT2D eigenvalue weighted by Crippen LogP contribution is -2.36. The number of nitrogens with zero attached hydrogens (tertiary/aromatic N) is 1. The molecule has 0 saturated carbocycles. The molecule has 0 unspecified atom stereocenters. The number of amides is 2. The van der Waals surface area contributed by atoms with E-state index in [9.17, 15) is 9.59 Å². The Hall–Kier alpha value is -1.82. The topological polar surface area (TPSA) is 71.8 Å². The van der Waals surface area contributed by atoms with Crippen LogP contribution in [0.1, 0.15) is 18.6 Å². The lowest BCUT2D eigenvalue weighted by Gasteiger charge is -2.15. The summed E-state index contributed by atoms with van der Waals surface area (Å²) in [6, 6.07) is 3.63. The minimum Gasteiger partial charge on any atom is -0.467 e. The van der Waals surface area contributed by atoms with Crippen molar-refractivity contribution in [2.24, 2.45) is 11.8 Å². The molecule has 0 bridgehead atoms. The van der Waals surface area contributed by atoms with Crippen LogP contribution in [0.15, 0.2) is 22.8 Å². The molecule has 0 aromatic carbocycles. The van der Waals surface area contributed by atoms with E-state index in [0.717, 1.165) is 18.8 Å². The summed E-state index contributed by atoms with van der Waals surface area (Å²) in [5.74, 6) is 0.875. The summed E-state index contributed by atoms with van der Waals surface area (Å²) in [6.45, 7) is 3.04. The molecule has 2 saturated heterocycles. The Labute approximate surface area is 123 Å². The van der Waals surface area contributed by atoms with Gasteiger partial charge in [0.1, 0.15) is 5.76 Å². The number of carbonyl (C=O) groups is 2. The van der Waals surface area contributed by atoms with E-state index >= 15 is 0 Å². The summed E-state index contributed by atoms with van der Waals surface area (Å²) in [5.41, 5.74) is 0. The number of furan rings is 1. The van der Waals surface area contributed by atoms with Crippen molar-refractivity contribution in [2.75, 3.05) is 26.3 Å². The van der Waals surface area contributed by atoms with Crippen molar-refractivity contribution >= 4 is 11.8 Å². The maximum absolute atomic E-state index is 12.1. The monoisotopic (exact) mass is 292 g/mol. The summed E-state index contributed by atoms with van der Waals surface area (Å²) in [6.07, 6.45) is 2.87. The van der Waals surface area contributed by atoms with E-state index in [1.807, 2.05) is 6.07 Å². The number of carbonyl (C=O) groups excluding carboxylic acids is 2. The van der Waals surface area contributed by atoms with Gasteiger partial charge in [0.15, 0.2) is 0 Å². The molecule has 1 aromatic heterocycles. The van der Waals surface area contributed by atoms with Crippen molar-refractivity contribution in [2.45, 2.75) is 19.4 Å². The van der Waals surface area contributed by atoms with Gasteiger partial charge in [0.2, 0.25) is 11.8 Å². The molecule has 21 heavy (non-hydrogen) atoms. The highest BCUT2D eigenvalue weighted by Crippen LogP contribution is 2.21. The molecular weight excluding hydrogens is 272 g/mol. The fourth-order valence-corrected chi connectivity index (χ4v) is 2.82. The van der Waals surface area contributed by atoms with Crippen LogP contribution in [0, 0.1) is 11.8 Å². The molecule has 6 heteroatoms. The first-order chi connectivity index (χ1) is 10.2. The highest BCUT2D eigenvalue weighted by Gasteiger charge is 2.34. The van der Waals surface area contributed by atoms with E-state index in [1.54, 1.807) is 17.2 Å².